The fourth-order valence-electron chi connectivity index (χ4n) is 3.98. The van der Waals surface area contributed by atoms with E-state index < -0.39 is 14.3 Å². The highest BCUT2D eigenvalue weighted by molar-refractivity contribution is 6.71. The number of carbonyl (C=O) groups is 1. The molecule has 2 atom stereocenters. The van der Waals surface area contributed by atoms with Crippen molar-refractivity contribution >= 4 is 14.3 Å². The van der Waals surface area contributed by atoms with Crippen LogP contribution in [-0.2, 0) is 28.7 Å². The van der Waals surface area contributed by atoms with E-state index in [1.54, 1.807) is 6.07 Å². The molecule has 0 aliphatic rings. The summed E-state index contributed by atoms with van der Waals surface area (Å²) in [4.78, 5) is 11.0. The van der Waals surface area contributed by atoms with Gasteiger partial charge >= 0.3 is 5.97 Å². The maximum absolute atomic E-state index is 11.0. The van der Waals surface area contributed by atoms with Crippen molar-refractivity contribution in [2.24, 2.45) is 0 Å². The van der Waals surface area contributed by atoms with E-state index >= 15 is 0 Å². The number of aliphatic carboxylic acids is 1. The Kier molecular flexibility index (Phi) is 10.6. The Hall–Kier alpha value is -2.19. The third-order valence-corrected chi connectivity index (χ3v) is 8.26. The molecule has 0 unspecified atom stereocenters. The Balaban J connectivity index is 2.11. The van der Waals surface area contributed by atoms with Crippen LogP contribution in [0.3, 0.4) is 0 Å². The minimum atomic E-state index is -1.90. The van der Waals surface area contributed by atoms with Gasteiger partial charge in [0.2, 0.25) is 0 Å². The Morgan fingerprint density at radius 1 is 1.15 bits per heavy atom. The molecular weight excluding hydrogens is 434 g/mol. The van der Waals surface area contributed by atoms with Crippen LogP contribution < -0.4 is 5.32 Å². The molecule has 182 valence electrons. The Bertz CT molecular complexity index is 902. The van der Waals surface area contributed by atoms with Crippen molar-refractivity contribution in [3.8, 4) is 5.75 Å². The number of aromatic hydroxyl groups is 1. The summed E-state index contributed by atoms with van der Waals surface area (Å²) in [5.74, 6) is -0.741. The van der Waals surface area contributed by atoms with Gasteiger partial charge in [-0.15, -0.1) is 0 Å². The number of benzene rings is 2. The van der Waals surface area contributed by atoms with Crippen molar-refractivity contribution in [1.82, 2.24) is 5.32 Å². The molecule has 0 aromatic heterocycles. The van der Waals surface area contributed by atoms with E-state index in [1.165, 1.54) is 0 Å². The van der Waals surface area contributed by atoms with E-state index in [-0.39, 0.29) is 30.9 Å². The van der Waals surface area contributed by atoms with Crippen LogP contribution in [0.5, 0.6) is 5.75 Å². The van der Waals surface area contributed by atoms with Gasteiger partial charge in [0, 0.05) is 18.2 Å². The summed E-state index contributed by atoms with van der Waals surface area (Å²) in [6.45, 7) is 9.15. The molecule has 0 aliphatic carbocycles. The first-order chi connectivity index (χ1) is 15.6. The van der Waals surface area contributed by atoms with Crippen LogP contribution in [0, 0.1) is 0 Å². The second-order valence-electron chi connectivity index (χ2n) is 9.42. The lowest BCUT2D eigenvalue weighted by atomic mass is 10.0. The van der Waals surface area contributed by atoms with Crippen molar-refractivity contribution in [3.63, 3.8) is 0 Å². The molecule has 0 bridgehead atoms. The number of hydrogen-bond acceptors (Lipinski definition) is 5. The normalized spacial score (nSPS) is 13.6. The second kappa shape index (κ2) is 12.9. The van der Waals surface area contributed by atoms with Crippen molar-refractivity contribution in [1.29, 1.82) is 0 Å². The van der Waals surface area contributed by atoms with Gasteiger partial charge in [-0.05, 0) is 61.3 Å². The molecule has 0 amide bonds. The van der Waals surface area contributed by atoms with Gasteiger partial charge in [0.05, 0.1) is 19.1 Å². The van der Waals surface area contributed by atoms with Crippen LogP contribution in [0.25, 0.3) is 0 Å². The van der Waals surface area contributed by atoms with E-state index in [1.807, 2.05) is 36.4 Å². The fraction of sp³-hybridized carbons (Fsp3) is 0.500. The number of phenols is 1. The third kappa shape index (κ3) is 9.29. The number of rotatable bonds is 14. The van der Waals surface area contributed by atoms with Gasteiger partial charge in [-0.3, -0.25) is 4.79 Å². The maximum atomic E-state index is 11.0. The molecule has 33 heavy (non-hydrogen) atoms. The molecular formula is C26H39NO5Si. The van der Waals surface area contributed by atoms with E-state index in [9.17, 15) is 15.0 Å². The third-order valence-electron chi connectivity index (χ3n) is 5.78. The number of aliphatic hydroxyl groups is 1. The lowest BCUT2D eigenvalue weighted by molar-refractivity contribution is -0.136. The number of carboxylic acid groups (broad SMARTS) is 1. The summed E-state index contributed by atoms with van der Waals surface area (Å²) in [6.07, 6.45) is 2.88. The summed E-state index contributed by atoms with van der Waals surface area (Å²) in [5.41, 5.74) is 3.34. The summed E-state index contributed by atoms with van der Waals surface area (Å²) in [6, 6.07) is 14.3. The topological polar surface area (TPSA) is 99.0 Å². The van der Waals surface area contributed by atoms with Crippen molar-refractivity contribution in [3.05, 3.63) is 64.7 Å². The van der Waals surface area contributed by atoms with Gasteiger partial charge in [-0.2, -0.15) is 0 Å². The smallest absolute Gasteiger partial charge is 0.307 e. The average molecular weight is 474 g/mol. The largest absolute Gasteiger partial charge is 0.508 e. The zero-order chi connectivity index (χ0) is 24.4. The molecule has 2 aromatic carbocycles. The average Bonchev–Trinajstić information content (AvgIpc) is 2.75. The Morgan fingerprint density at radius 3 is 2.55 bits per heavy atom. The highest BCUT2D eigenvalue weighted by Crippen LogP contribution is 2.29. The zero-order valence-electron chi connectivity index (χ0n) is 20.3. The maximum Gasteiger partial charge on any atom is 0.307 e. The molecule has 0 radical (unpaired) electrons. The van der Waals surface area contributed by atoms with Gasteiger partial charge in [0.15, 0.2) is 8.32 Å². The molecule has 2 aromatic rings. The highest BCUT2D eigenvalue weighted by Gasteiger charge is 2.27. The minimum absolute atomic E-state index is 0.0249. The summed E-state index contributed by atoms with van der Waals surface area (Å²) in [7, 11) is -1.90. The first-order valence-corrected chi connectivity index (χ1v) is 14.9. The number of aliphatic hydroxyl groups excluding tert-OH is 1. The van der Waals surface area contributed by atoms with Crippen LogP contribution in [0.1, 0.15) is 55.0 Å². The van der Waals surface area contributed by atoms with Crippen LogP contribution in [0.2, 0.25) is 19.1 Å². The van der Waals surface area contributed by atoms with Crippen LogP contribution in [0.4, 0.5) is 0 Å². The van der Waals surface area contributed by atoms with Crippen LogP contribution >= 0.6 is 0 Å². The van der Waals surface area contributed by atoms with E-state index in [0.29, 0.717) is 12.1 Å². The standard InChI is InChI=1S/C26H39NO5Si/c1-5-6-12-33(3,4)32-25(22-10-11-24(29)23(16-22)18-28)17-27-19(2)13-20-8-7-9-21(14-20)15-26(30)31/h7-11,14,16,19,25,27-29H,5-6,12-13,15,17-18H2,1-4H3,(H,30,31)/t19-,25+/m1/s1. The number of carboxylic acids is 1. The molecule has 7 heteroatoms. The molecule has 0 spiro atoms. The fourth-order valence-corrected chi connectivity index (χ4v) is 6.29. The van der Waals surface area contributed by atoms with Gasteiger partial charge in [-0.25, -0.2) is 0 Å². The number of nitrogens with one attached hydrogen (secondary N) is 1. The van der Waals surface area contributed by atoms with Crippen molar-refractivity contribution in [2.75, 3.05) is 6.54 Å². The molecule has 4 N–H and O–H groups in total. The summed E-state index contributed by atoms with van der Waals surface area (Å²) < 4.78 is 6.68. The van der Waals surface area contributed by atoms with Gasteiger partial charge in [0.1, 0.15) is 5.75 Å². The number of unbranched alkanes of at least 4 members (excludes halogenated alkanes) is 1. The molecule has 0 saturated carbocycles. The lowest BCUT2D eigenvalue weighted by Crippen LogP contribution is -2.38. The summed E-state index contributed by atoms with van der Waals surface area (Å²) in [5, 5.41) is 32.2. The Labute approximate surface area is 198 Å². The molecule has 0 aliphatic heterocycles. The molecule has 0 fully saturated rings. The monoisotopic (exact) mass is 473 g/mol. The zero-order valence-corrected chi connectivity index (χ0v) is 21.3. The molecule has 0 heterocycles. The molecule has 6 nitrogen and oxygen atoms in total. The van der Waals surface area contributed by atoms with Crippen LogP contribution in [-0.4, -0.2) is 42.2 Å². The Morgan fingerprint density at radius 2 is 1.88 bits per heavy atom. The SMILES string of the molecule is CCCC[Si](C)(C)O[C@@H](CN[C@H](C)Cc1cccc(CC(=O)O)c1)c1ccc(O)c(CO)c1. The highest BCUT2D eigenvalue weighted by atomic mass is 28.4. The first kappa shape index (κ1) is 27.1. The molecule has 2 rings (SSSR count). The lowest BCUT2D eigenvalue weighted by Gasteiger charge is -2.31. The van der Waals surface area contributed by atoms with Crippen LogP contribution in [0.15, 0.2) is 42.5 Å². The molecule has 0 saturated heterocycles. The second-order valence-corrected chi connectivity index (χ2v) is 13.7. The van der Waals surface area contributed by atoms with Crippen molar-refractivity contribution < 1.29 is 24.5 Å². The quantitative estimate of drug-likeness (QED) is 0.294. The first-order valence-electron chi connectivity index (χ1n) is 11.8. The number of hydrogen-bond donors (Lipinski definition) is 4. The van der Waals surface area contributed by atoms with E-state index in [4.69, 9.17) is 9.53 Å². The van der Waals surface area contributed by atoms with E-state index in [0.717, 1.165) is 42.0 Å². The summed E-state index contributed by atoms with van der Waals surface area (Å²) >= 11 is 0. The minimum Gasteiger partial charge on any atom is -0.508 e. The van der Waals surface area contributed by atoms with E-state index in [2.05, 4.69) is 32.3 Å². The van der Waals surface area contributed by atoms with Gasteiger partial charge < -0.3 is 25.1 Å². The predicted molar refractivity (Wildman–Crippen MR) is 134 cm³/mol. The van der Waals surface area contributed by atoms with Gasteiger partial charge in [-0.1, -0.05) is 50.1 Å². The van der Waals surface area contributed by atoms with Gasteiger partial charge in [0.25, 0.3) is 0 Å². The van der Waals surface area contributed by atoms with Crippen molar-refractivity contribution in [2.45, 2.75) is 77.4 Å². The predicted octanol–water partition coefficient (Wildman–Crippen LogP) is 4.80.